The molecule has 1 atom stereocenters. The highest BCUT2D eigenvalue weighted by molar-refractivity contribution is 5.15. The van der Waals surface area contributed by atoms with Crippen LogP contribution in [0.2, 0.25) is 0 Å². The fourth-order valence-corrected chi connectivity index (χ4v) is 1.93. The first kappa shape index (κ1) is 8.69. The van der Waals surface area contributed by atoms with Gasteiger partial charge in [0.2, 0.25) is 0 Å². The quantitative estimate of drug-likeness (QED) is 0.709. The lowest BCUT2D eigenvalue weighted by Gasteiger charge is -2.21. The van der Waals surface area contributed by atoms with E-state index in [4.69, 9.17) is 0 Å². The van der Waals surface area contributed by atoms with Crippen LogP contribution in [0.25, 0.3) is 0 Å². The number of hydrogen-bond acceptors (Lipinski definition) is 3. The van der Waals surface area contributed by atoms with Crippen LogP contribution in [0.3, 0.4) is 0 Å². The Labute approximate surface area is 78.1 Å². The fraction of sp³-hybridized carbons (Fsp3) is 0.778. The fourth-order valence-electron chi connectivity index (χ4n) is 1.93. The molecule has 0 aromatic carbocycles. The monoisotopic (exact) mass is 180 g/mol. The highest BCUT2D eigenvalue weighted by Gasteiger charge is 2.20. The molecule has 13 heavy (non-hydrogen) atoms. The topological polar surface area (TPSA) is 53.6 Å². The third-order valence-electron chi connectivity index (χ3n) is 2.67. The first-order valence-corrected chi connectivity index (χ1v) is 5.02. The second-order valence-corrected chi connectivity index (χ2v) is 3.55. The second kappa shape index (κ2) is 3.87. The van der Waals surface area contributed by atoms with Gasteiger partial charge in [0.1, 0.15) is 0 Å². The Kier molecular flexibility index (Phi) is 2.59. The van der Waals surface area contributed by atoms with E-state index in [2.05, 4.69) is 27.7 Å². The molecule has 1 aliphatic heterocycles. The molecule has 4 heteroatoms. The Balaban J connectivity index is 2.13. The summed E-state index contributed by atoms with van der Waals surface area (Å²) < 4.78 is 0. The van der Waals surface area contributed by atoms with Gasteiger partial charge in [-0.15, -0.1) is 0 Å². The van der Waals surface area contributed by atoms with Crippen molar-refractivity contribution in [1.29, 1.82) is 0 Å². The summed E-state index contributed by atoms with van der Waals surface area (Å²) in [6.07, 6.45) is 3.47. The van der Waals surface area contributed by atoms with Crippen molar-refractivity contribution in [1.82, 2.24) is 20.7 Å². The summed E-state index contributed by atoms with van der Waals surface area (Å²) in [5, 5.41) is 14.5. The molecule has 72 valence electrons. The Morgan fingerprint density at radius 3 is 3.08 bits per heavy atom. The van der Waals surface area contributed by atoms with Crippen molar-refractivity contribution in [2.24, 2.45) is 0 Å². The third kappa shape index (κ3) is 1.72. The zero-order chi connectivity index (χ0) is 9.10. The van der Waals surface area contributed by atoms with Gasteiger partial charge >= 0.3 is 0 Å². The first-order chi connectivity index (χ1) is 6.42. The number of nitrogens with one attached hydrogen (secondary N) is 2. The molecular formula is C9H16N4. The smallest absolute Gasteiger partial charge is 0.0900 e. The SMILES string of the molecule is CCc1n[nH]nc1C1CCCNC1. The van der Waals surface area contributed by atoms with Crippen molar-refractivity contribution in [3.8, 4) is 0 Å². The molecule has 1 fully saturated rings. The van der Waals surface area contributed by atoms with Crippen LogP contribution < -0.4 is 5.32 Å². The van der Waals surface area contributed by atoms with Crippen molar-refractivity contribution in [3.63, 3.8) is 0 Å². The van der Waals surface area contributed by atoms with Crippen LogP contribution in [0.4, 0.5) is 0 Å². The molecule has 1 aromatic rings. The average Bonchev–Trinajstić information content (AvgIpc) is 2.67. The predicted octanol–water partition coefficient (Wildman–Crippen LogP) is 0.834. The van der Waals surface area contributed by atoms with Crippen LogP contribution in [0.15, 0.2) is 0 Å². The summed E-state index contributed by atoms with van der Waals surface area (Å²) >= 11 is 0. The predicted molar refractivity (Wildman–Crippen MR) is 50.6 cm³/mol. The highest BCUT2D eigenvalue weighted by Crippen LogP contribution is 2.23. The summed E-state index contributed by atoms with van der Waals surface area (Å²) in [5.41, 5.74) is 2.31. The number of hydrogen-bond donors (Lipinski definition) is 2. The maximum Gasteiger partial charge on any atom is 0.0900 e. The number of aromatic nitrogens is 3. The average molecular weight is 180 g/mol. The van der Waals surface area contributed by atoms with E-state index >= 15 is 0 Å². The van der Waals surface area contributed by atoms with Crippen molar-refractivity contribution in [3.05, 3.63) is 11.4 Å². The van der Waals surface area contributed by atoms with Gasteiger partial charge in [-0.25, -0.2) is 0 Å². The van der Waals surface area contributed by atoms with E-state index in [0.29, 0.717) is 5.92 Å². The lowest BCUT2D eigenvalue weighted by Crippen LogP contribution is -2.29. The lowest BCUT2D eigenvalue weighted by molar-refractivity contribution is 0.452. The minimum Gasteiger partial charge on any atom is -0.316 e. The van der Waals surface area contributed by atoms with E-state index in [9.17, 15) is 0 Å². The molecular weight excluding hydrogens is 164 g/mol. The van der Waals surface area contributed by atoms with Gasteiger partial charge < -0.3 is 5.32 Å². The van der Waals surface area contributed by atoms with E-state index in [1.165, 1.54) is 18.5 Å². The van der Waals surface area contributed by atoms with E-state index in [-0.39, 0.29) is 0 Å². The molecule has 2 heterocycles. The Morgan fingerprint density at radius 1 is 1.46 bits per heavy atom. The molecule has 1 aromatic heterocycles. The van der Waals surface area contributed by atoms with E-state index in [1.54, 1.807) is 0 Å². The number of aromatic amines is 1. The standard InChI is InChI=1S/C9H16N4/c1-2-8-9(12-13-11-8)7-4-3-5-10-6-7/h7,10H,2-6H2,1H3,(H,11,12,13). The number of piperidine rings is 1. The van der Waals surface area contributed by atoms with E-state index in [0.717, 1.165) is 25.2 Å². The number of aryl methyl sites for hydroxylation is 1. The molecule has 0 radical (unpaired) electrons. The molecule has 4 nitrogen and oxygen atoms in total. The first-order valence-electron chi connectivity index (χ1n) is 5.02. The van der Waals surface area contributed by atoms with E-state index < -0.39 is 0 Å². The molecule has 1 aliphatic rings. The molecule has 1 unspecified atom stereocenters. The van der Waals surface area contributed by atoms with Gasteiger partial charge in [-0.05, 0) is 25.8 Å². The van der Waals surface area contributed by atoms with Gasteiger partial charge in [-0.3, -0.25) is 0 Å². The Bertz CT molecular complexity index is 262. The summed E-state index contributed by atoms with van der Waals surface area (Å²) in [6.45, 7) is 4.33. The lowest BCUT2D eigenvalue weighted by atomic mass is 9.94. The minimum absolute atomic E-state index is 0.572. The van der Waals surface area contributed by atoms with Gasteiger partial charge in [-0.2, -0.15) is 15.4 Å². The zero-order valence-corrected chi connectivity index (χ0v) is 8.01. The molecule has 0 saturated carbocycles. The number of nitrogens with zero attached hydrogens (tertiary/aromatic N) is 2. The van der Waals surface area contributed by atoms with Crippen LogP contribution in [0, 0.1) is 0 Å². The minimum atomic E-state index is 0.572. The van der Waals surface area contributed by atoms with Crippen LogP contribution in [0.5, 0.6) is 0 Å². The van der Waals surface area contributed by atoms with Crippen molar-refractivity contribution >= 4 is 0 Å². The molecule has 2 N–H and O–H groups in total. The zero-order valence-electron chi connectivity index (χ0n) is 8.01. The molecule has 0 bridgehead atoms. The summed E-state index contributed by atoms with van der Waals surface area (Å²) in [6, 6.07) is 0. The van der Waals surface area contributed by atoms with Crippen LogP contribution in [-0.4, -0.2) is 28.5 Å². The van der Waals surface area contributed by atoms with Crippen molar-refractivity contribution in [2.45, 2.75) is 32.1 Å². The number of rotatable bonds is 2. The van der Waals surface area contributed by atoms with Crippen molar-refractivity contribution in [2.75, 3.05) is 13.1 Å². The molecule has 0 amide bonds. The van der Waals surface area contributed by atoms with E-state index in [1.807, 2.05) is 0 Å². The molecule has 2 rings (SSSR count). The van der Waals surface area contributed by atoms with Crippen LogP contribution in [0.1, 0.15) is 37.1 Å². The Morgan fingerprint density at radius 2 is 2.38 bits per heavy atom. The molecule has 0 spiro atoms. The maximum atomic E-state index is 4.23. The summed E-state index contributed by atoms with van der Waals surface area (Å²) in [7, 11) is 0. The third-order valence-corrected chi connectivity index (χ3v) is 2.67. The number of H-pyrrole nitrogens is 1. The van der Waals surface area contributed by atoms with Gasteiger partial charge in [0.25, 0.3) is 0 Å². The van der Waals surface area contributed by atoms with Crippen LogP contribution in [-0.2, 0) is 6.42 Å². The van der Waals surface area contributed by atoms with Gasteiger partial charge in [-0.1, -0.05) is 6.92 Å². The normalized spacial score (nSPS) is 23.3. The highest BCUT2D eigenvalue weighted by atomic mass is 15.3. The van der Waals surface area contributed by atoms with Gasteiger partial charge in [0, 0.05) is 12.5 Å². The summed E-state index contributed by atoms with van der Waals surface area (Å²) in [5.74, 6) is 0.572. The molecule has 1 saturated heterocycles. The molecule has 0 aliphatic carbocycles. The van der Waals surface area contributed by atoms with Crippen LogP contribution >= 0.6 is 0 Å². The van der Waals surface area contributed by atoms with Gasteiger partial charge in [0.15, 0.2) is 0 Å². The second-order valence-electron chi connectivity index (χ2n) is 3.55. The van der Waals surface area contributed by atoms with Crippen molar-refractivity contribution < 1.29 is 0 Å². The largest absolute Gasteiger partial charge is 0.316 e. The summed E-state index contributed by atoms with van der Waals surface area (Å²) in [4.78, 5) is 0. The van der Waals surface area contributed by atoms with Gasteiger partial charge in [0.05, 0.1) is 11.4 Å². The Hall–Kier alpha value is -0.900. The maximum absolute atomic E-state index is 4.23.